The molecule has 0 aliphatic heterocycles. The Bertz CT molecular complexity index is 753. The van der Waals surface area contributed by atoms with Crippen molar-refractivity contribution in [1.82, 2.24) is 0 Å². The van der Waals surface area contributed by atoms with Crippen LogP contribution in [0.15, 0.2) is 46.2 Å². The molecule has 0 fully saturated rings. The highest BCUT2D eigenvalue weighted by molar-refractivity contribution is 7.91. The van der Waals surface area contributed by atoms with Crippen LogP contribution >= 0.6 is 0 Å². The summed E-state index contributed by atoms with van der Waals surface area (Å²) in [5.41, 5.74) is 0. The molecular formula is C11H11NO4S2. The van der Waals surface area contributed by atoms with Crippen LogP contribution in [0.25, 0.3) is 10.8 Å². The Labute approximate surface area is 105 Å². The summed E-state index contributed by atoms with van der Waals surface area (Å²) < 4.78 is 46.1. The predicted octanol–water partition coefficient (Wildman–Crippen LogP) is 0.891. The Balaban J connectivity index is 3.01. The second-order valence-electron chi connectivity index (χ2n) is 3.92. The fraction of sp³-hybridized carbons (Fsp3) is 0.0909. The molecule has 0 unspecified atom stereocenters. The molecule has 2 aromatic rings. The van der Waals surface area contributed by atoms with E-state index in [2.05, 4.69) is 0 Å². The lowest BCUT2D eigenvalue weighted by atomic mass is 10.1. The fourth-order valence-corrected chi connectivity index (χ4v) is 3.45. The van der Waals surface area contributed by atoms with E-state index in [4.69, 9.17) is 5.14 Å². The van der Waals surface area contributed by atoms with E-state index in [1.807, 2.05) is 0 Å². The number of rotatable bonds is 2. The Morgan fingerprint density at radius 1 is 0.833 bits per heavy atom. The number of primary sulfonamides is 1. The monoisotopic (exact) mass is 285 g/mol. The predicted molar refractivity (Wildman–Crippen MR) is 68.4 cm³/mol. The molecule has 0 radical (unpaired) electrons. The van der Waals surface area contributed by atoms with Crippen molar-refractivity contribution >= 4 is 30.6 Å². The lowest BCUT2D eigenvalue weighted by Crippen LogP contribution is -2.13. The van der Waals surface area contributed by atoms with E-state index < -0.39 is 19.9 Å². The van der Waals surface area contributed by atoms with Crippen molar-refractivity contribution in [2.45, 2.75) is 9.79 Å². The van der Waals surface area contributed by atoms with Crippen LogP contribution in [0, 0.1) is 0 Å². The molecule has 0 saturated heterocycles. The Morgan fingerprint density at radius 3 is 1.72 bits per heavy atom. The summed E-state index contributed by atoms with van der Waals surface area (Å²) in [6, 6.07) is 8.84. The molecule has 0 bridgehead atoms. The average molecular weight is 285 g/mol. The Kier molecular flexibility index (Phi) is 2.92. The number of sulfone groups is 1. The van der Waals surface area contributed by atoms with Crippen LogP contribution in [0.5, 0.6) is 0 Å². The van der Waals surface area contributed by atoms with Crippen LogP contribution in [0.3, 0.4) is 0 Å². The summed E-state index contributed by atoms with van der Waals surface area (Å²) in [7, 11) is -7.31. The molecule has 2 rings (SSSR count). The van der Waals surface area contributed by atoms with Crippen LogP contribution in [-0.4, -0.2) is 23.1 Å². The zero-order valence-electron chi connectivity index (χ0n) is 9.49. The van der Waals surface area contributed by atoms with Crippen LogP contribution < -0.4 is 5.14 Å². The lowest BCUT2D eigenvalue weighted by Gasteiger charge is -2.08. The van der Waals surface area contributed by atoms with Gasteiger partial charge in [-0.25, -0.2) is 22.0 Å². The van der Waals surface area contributed by atoms with Gasteiger partial charge >= 0.3 is 0 Å². The molecular weight excluding hydrogens is 274 g/mol. The molecule has 0 amide bonds. The third-order valence-corrected chi connectivity index (χ3v) is 4.67. The highest BCUT2D eigenvalue weighted by atomic mass is 32.2. The van der Waals surface area contributed by atoms with Gasteiger partial charge in [0, 0.05) is 17.0 Å². The molecule has 2 aromatic carbocycles. The molecule has 0 aliphatic rings. The van der Waals surface area contributed by atoms with Crippen molar-refractivity contribution in [1.29, 1.82) is 0 Å². The van der Waals surface area contributed by atoms with Crippen molar-refractivity contribution in [2.75, 3.05) is 6.26 Å². The first kappa shape index (κ1) is 13.0. The Morgan fingerprint density at radius 2 is 1.28 bits per heavy atom. The SMILES string of the molecule is CS(=O)(=O)c1ccc(S(N)(=O)=O)c2ccccc12. The number of benzene rings is 2. The van der Waals surface area contributed by atoms with Gasteiger partial charge in [-0.05, 0) is 12.1 Å². The minimum absolute atomic E-state index is 0.0782. The second-order valence-corrected chi connectivity index (χ2v) is 7.44. The van der Waals surface area contributed by atoms with E-state index in [0.717, 1.165) is 6.26 Å². The van der Waals surface area contributed by atoms with Crippen molar-refractivity contribution < 1.29 is 16.8 Å². The quantitative estimate of drug-likeness (QED) is 0.886. The van der Waals surface area contributed by atoms with E-state index in [1.54, 1.807) is 18.2 Å². The maximum atomic E-state index is 11.6. The van der Waals surface area contributed by atoms with Gasteiger partial charge < -0.3 is 0 Å². The van der Waals surface area contributed by atoms with Crippen LogP contribution in [0.2, 0.25) is 0 Å². The average Bonchev–Trinajstić information content (AvgIpc) is 2.24. The zero-order chi connectivity index (χ0) is 13.6. The summed E-state index contributed by atoms with van der Waals surface area (Å²) in [5, 5.41) is 5.77. The standard InChI is InChI=1S/C11H11NO4S2/c1-17(13,14)10-6-7-11(18(12,15)16)9-5-3-2-4-8(9)10/h2-7H,1H3,(H2,12,15,16). The molecule has 2 N–H and O–H groups in total. The maximum absolute atomic E-state index is 11.6. The van der Waals surface area contributed by atoms with Gasteiger partial charge in [0.25, 0.3) is 0 Å². The smallest absolute Gasteiger partial charge is 0.225 e. The Hall–Kier alpha value is -1.44. The molecule has 0 spiro atoms. The summed E-state index contributed by atoms with van der Waals surface area (Å²) in [4.78, 5) is 0.0102. The number of sulfonamides is 1. The van der Waals surface area contributed by atoms with Gasteiger partial charge in [0.1, 0.15) is 0 Å². The summed E-state index contributed by atoms with van der Waals surface area (Å²) in [6.07, 6.45) is 1.07. The van der Waals surface area contributed by atoms with Crippen molar-refractivity contribution in [2.24, 2.45) is 5.14 Å². The van der Waals surface area contributed by atoms with Gasteiger partial charge in [0.2, 0.25) is 10.0 Å². The maximum Gasteiger partial charge on any atom is 0.238 e. The molecule has 5 nitrogen and oxygen atoms in total. The van der Waals surface area contributed by atoms with E-state index in [9.17, 15) is 16.8 Å². The normalized spacial score (nSPS) is 12.8. The summed E-state index contributed by atoms with van der Waals surface area (Å²) in [5.74, 6) is 0. The molecule has 96 valence electrons. The third kappa shape index (κ3) is 2.24. The molecule has 18 heavy (non-hydrogen) atoms. The van der Waals surface area contributed by atoms with Gasteiger partial charge in [0.05, 0.1) is 9.79 Å². The summed E-state index contributed by atoms with van der Waals surface area (Å²) >= 11 is 0. The minimum atomic E-state index is -3.89. The first-order valence-electron chi connectivity index (χ1n) is 4.96. The molecule has 0 aliphatic carbocycles. The topological polar surface area (TPSA) is 94.3 Å². The van der Waals surface area contributed by atoms with Crippen molar-refractivity contribution in [3.8, 4) is 0 Å². The third-order valence-electron chi connectivity index (χ3n) is 2.55. The minimum Gasteiger partial charge on any atom is -0.225 e. The molecule has 0 aromatic heterocycles. The first-order valence-corrected chi connectivity index (χ1v) is 8.39. The van der Waals surface area contributed by atoms with Gasteiger partial charge in [-0.1, -0.05) is 24.3 Å². The molecule has 0 atom stereocenters. The number of hydrogen-bond acceptors (Lipinski definition) is 4. The highest BCUT2D eigenvalue weighted by Crippen LogP contribution is 2.28. The zero-order valence-corrected chi connectivity index (χ0v) is 11.1. The summed E-state index contributed by atoms with van der Waals surface area (Å²) in [6.45, 7) is 0. The first-order chi connectivity index (χ1) is 8.21. The van der Waals surface area contributed by atoms with E-state index in [-0.39, 0.29) is 9.79 Å². The van der Waals surface area contributed by atoms with Gasteiger partial charge in [-0.3, -0.25) is 0 Å². The van der Waals surface area contributed by atoms with Gasteiger partial charge in [-0.15, -0.1) is 0 Å². The van der Waals surface area contributed by atoms with Crippen LogP contribution in [-0.2, 0) is 19.9 Å². The lowest BCUT2D eigenvalue weighted by molar-refractivity contribution is 0.597. The number of fused-ring (bicyclic) bond motifs is 1. The van der Waals surface area contributed by atoms with Gasteiger partial charge in [-0.2, -0.15) is 0 Å². The number of hydrogen-bond donors (Lipinski definition) is 1. The molecule has 0 saturated carbocycles. The van der Waals surface area contributed by atoms with Crippen LogP contribution in [0.4, 0.5) is 0 Å². The fourth-order valence-electron chi connectivity index (χ4n) is 1.82. The van der Waals surface area contributed by atoms with Gasteiger partial charge in [0.15, 0.2) is 9.84 Å². The largest absolute Gasteiger partial charge is 0.238 e. The van der Waals surface area contributed by atoms with E-state index >= 15 is 0 Å². The van der Waals surface area contributed by atoms with E-state index in [1.165, 1.54) is 18.2 Å². The number of nitrogens with two attached hydrogens (primary N) is 1. The molecule has 0 heterocycles. The van der Waals surface area contributed by atoms with Crippen LogP contribution in [0.1, 0.15) is 0 Å². The van der Waals surface area contributed by atoms with Crippen molar-refractivity contribution in [3.05, 3.63) is 36.4 Å². The second kappa shape index (κ2) is 4.04. The van der Waals surface area contributed by atoms with E-state index in [0.29, 0.717) is 10.8 Å². The highest BCUT2D eigenvalue weighted by Gasteiger charge is 2.18. The van der Waals surface area contributed by atoms with Crippen molar-refractivity contribution in [3.63, 3.8) is 0 Å². The molecule has 7 heteroatoms.